The first-order valence-corrected chi connectivity index (χ1v) is 10.7. The molecule has 0 radical (unpaired) electrons. The fraction of sp³-hybridized carbons (Fsp3) is 0.238. The smallest absolute Gasteiger partial charge is 0.326 e. The first-order valence-electron chi connectivity index (χ1n) is 9.95. The number of nitrogens with two attached hydrogens (primary N) is 1. The van der Waals surface area contributed by atoms with Crippen molar-refractivity contribution in [3.8, 4) is 11.8 Å². The van der Waals surface area contributed by atoms with Crippen LogP contribution in [0.25, 0.3) is 21.9 Å². The second-order valence-corrected chi connectivity index (χ2v) is 8.40. The molecule has 32 heavy (non-hydrogen) atoms. The molecule has 0 amide bonds. The summed E-state index contributed by atoms with van der Waals surface area (Å²) in [6, 6.07) is 3.07. The zero-order valence-corrected chi connectivity index (χ0v) is 19.0. The number of H-pyrrole nitrogens is 1. The van der Waals surface area contributed by atoms with Gasteiger partial charge in [0.05, 0.1) is 29.0 Å². The van der Waals surface area contributed by atoms with Crippen molar-refractivity contribution in [2.24, 2.45) is 5.73 Å². The van der Waals surface area contributed by atoms with Crippen LogP contribution in [0.3, 0.4) is 0 Å². The van der Waals surface area contributed by atoms with E-state index in [1.54, 1.807) is 26.4 Å². The average molecular weight is 499 g/mol. The zero-order chi connectivity index (χ0) is 22.4. The molecular weight excluding hydrogens is 479 g/mol. The van der Waals surface area contributed by atoms with Crippen molar-refractivity contribution in [1.29, 1.82) is 0 Å². The van der Waals surface area contributed by atoms with Crippen LogP contribution in [0.2, 0.25) is 0 Å². The normalized spacial score (nSPS) is 13.5. The number of anilines is 2. The number of ether oxygens (including phenoxy) is 1. The summed E-state index contributed by atoms with van der Waals surface area (Å²) in [6.07, 6.45) is 3.14. The summed E-state index contributed by atoms with van der Waals surface area (Å²) in [5.74, 6) is 1.37. The number of hydrogen-bond donors (Lipinski definition) is 3. The van der Waals surface area contributed by atoms with Crippen molar-refractivity contribution in [3.05, 3.63) is 46.2 Å². The molecule has 9 nitrogen and oxygen atoms in total. The van der Waals surface area contributed by atoms with E-state index in [1.807, 2.05) is 0 Å². The molecule has 4 aromatic rings. The standard InChI is InChI=1S/C21H20BrFN8O/c1-10-26-6-13(7-27-10)32-21-29-19-17(14-3-12(23)4-16(25-2)18(14)28-19)20(30-21)31-8-11(9-31)15(22)5-24/h3-4,6-7,25H,5,8-9,24H2,1-2H3,(H,28,29,30). The van der Waals surface area contributed by atoms with Gasteiger partial charge >= 0.3 is 6.01 Å². The molecule has 164 valence electrons. The van der Waals surface area contributed by atoms with Gasteiger partial charge in [0.25, 0.3) is 0 Å². The van der Waals surface area contributed by atoms with Crippen molar-refractivity contribution < 1.29 is 9.13 Å². The number of benzene rings is 1. The van der Waals surface area contributed by atoms with Gasteiger partial charge < -0.3 is 25.7 Å². The molecule has 0 atom stereocenters. The van der Waals surface area contributed by atoms with Gasteiger partial charge in [-0.3, -0.25) is 0 Å². The van der Waals surface area contributed by atoms with Gasteiger partial charge in [0, 0.05) is 36.6 Å². The SMILES string of the molecule is CNc1cc(F)cc2c1[nH]c1nc(Oc3cnc(C)nc3)nc(N3CC(=C(Br)CN)C3)c12. The van der Waals surface area contributed by atoms with E-state index in [4.69, 9.17) is 10.5 Å². The highest BCUT2D eigenvalue weighted by molar-refractivity contribution is 9.11. The molecule has 0 spiro atoms. The maximum absolute atomic E-state index is 14.4. The topological polar surface area (TPSA) is 118 Å². The van der Waals surface area contributed by atoms with Crippen LogP contribution in [0.15, 0.2) is 34.6 Å². The molecule has 4 heterocycles. The number of aromatic nitrogens is 5. The van der Waals surface area contributed by atoms with Crippen molar-refractivity contribution in [3.63, 3.8) is 0 Å². The molecule has 11 heteroatoms. The lowest BCUT2D eigenvalue weighted by molar-refractivity contribution is 0.438. The Morgan fingerprint density at radius 1 is 1.28 bits per heavy atom. The molecule has 1 aliphatic rings. The Kier molecular flexibility index (Phi) is 5.14. The third-order valence-electron chi connectivity index (χ3n) is 5.35. The lowest BCUT2D eigenvalue weighted by atomic mass is 10.1. The van der Waals surface area contributed by atoms with Gasteiger partial charge in [-0.2, -0.15) is 9.97 Å². The summed E-state index contributed by atoms with van der Waals surface area (Å²) in [5, 5.41) is 4.45. The van der Waals surface area contributed by atoms with Crippen LogP contribution in [0, 0.1) is 12.7 Å². The van der Waals surface area contributed by atoms with E-state index in [2.05, 4.69) is 51.1 Å². The van der Waals surface area contributed by atoms with Crippen LogP contribution >= 0.6 is 15.9 Å². The highest BCUT2D eigenvalue weighted by Gasteiger charge is 2.28. The van der Waals surface area contributed by atoms with Gasteiger partial charge in [-0.05, 0) is 24.6 Å². The van der Waals surface area contributed by atoms with Crippen molar-refractivity contribution in [2.75, 3.05) is 36.9 Å². The predicted octanol–water partition coefficient (Wildman–Crippen LogP) is 3.61. The lowest BCUT2D eigenvalue weighted by Crippen LogP contribution is -2.41. The Morgan fingerprint density at radius 2 is 2.03 bits per heavy atom. The number of rotatable bonds is 5. The van der Waals surface area contributed by atoms with E-state index < -0.39 is 0 Å². The molecule has 0 aliphatic carbocycles. The first-order chi connectivity index (χ1) is 15.5. The van der Waals surface area contributed by atoms with Crippen molar-refractivity contribution in [1.82, 2.24) is 24.9 Å². The molecule has 1 aliphatic heterocycles. The monoisotopic (exact) mass is 498 g/mol. The summed E-state index contributed by atoms with van der Waals surface area (Å²) in [7, 11) is 1.75. The zero-order valence-electron chi connectivity index (χ0n) is 17.4. The number of aryl methyl sites for hydroxylation is 1. The van der Waals surface area contributed by atoms with E-state index in [1.165, 1.54) is 17.7 Å². The molecule has 4 N–H and O–H groups in total. The Bertz CT molecular complexity index is 1360. The van der Waals surface area contributed by atoms with E-state index in [0.717, 1.165) is 15.4 Å². The molecule has 0 saturated carbocycles. The minimum atomic E-state index is -0.346. The van der Waals surface area contributed by atoms with Crippen LogP contribution in [0.4, 0.5) is 15.9 Å². The first kappa shape index (κ1) is 20.6. The fourth-order valence-corrected chi connectivity index (χ4v) is 3.97. The van der Waals surface area contributed by atoms with Crippen LogP contribution in [0.5, 0.6) is 11.8 Å². The molecule has 1 fully saturated rings. The summed E-state index contributed by atoms with van der Waals surface area (Å²) in [6.45, 7) is 3.53. The van der Waals surface area contributed by atoms with Crippen LogP contribution in [-0.2, 0) is 0 Å². The van der Waals surface area contributed by atoms with Crippen LogP contribution in [0.1, 0.15) is 5.82 Å². The minimum Gasteiger partial charge on any atom is -0.421 e. The molecule has 3 aromatic heterocycles. The molecule has 5 rings (SSSR count). The maximum Gasteiger partial charge on any atom is 0.326 e. The molecule has 0 bridgehead atoms. The minimum absolute atomic E-state index is 0.147. The van der Waals surface area contributed by atoms with Gasteiger partial charge in [0.15, 0.2) is 5.75 Å². The highest BCUT2D eigenvalue weighted by Crippen LogP contribution is 2.39. The third kappa shape index (κ3) is 3.53. The van der Waals surface area contributed by atoms with Crippen molar-refractivity contribution in [2.45, 2.75) is 6.92 Å². The summed E-state index contributed by atoms with van der Waals surface area (Å²) in [5.41, 5.74) is 8.86. The largest absolute Gasteiger partial charge is 0.421 e. The Labute approximate surface area is 191 Å². The molecule has 1 aromatic carbocycles. The number of hydrogen-bond acceptors (Lipinski definition) is 8. The third-order valence-corrected chi connectivity index (χ3v) is 6.23. The Balaban J connectivity index is 1.67. The summed E-state index contributed by atoms with van der Waals surface area (Å²) < 4.78 is 21.2. The second-order valence-electron chi connectivity index (χ2n) is 7.44. The van der Waals surface area contributed by atoms with Gasteiger partial charge in [-0.25, -0.2) is 14.4 Å². The van der Waals surface area contributed by atoms with Crippen LogP contribution in [-0.4, -0.2) is 51.6 Å². The predicted molar refractivity (Wildman–Crippen MR) is 125 cm³/mol. The number of nitrogens with zero attached hydrogens (tertiary/aromatic N) is 5. The fourth-order valence-electron chi connectivity index (χ4n) is 3.72. The second kappa shape index (κ2) is 7.99. The quantitative estimate of drug-likeness (QED) is 0.381. The number of halogens is 2. The molecule has 0 unspecified atom stereocenters. The summed E-state index contributed by atoms with van der Waals surface area (Å²) in [4.78, 5) is 22.9. The van der Waals surface area contributed by atoms with E-state index in [0.29, 0.717) is 53.7 Å². The van der Waals surface area contributed by atoms with E-state index in [9.17, 15) is 4.39 Å². The van der Waals surface area contributed by atoms with Gasteiger partial charge in [-0.1, -0.05) is 15.9 Å². The number of fused-ring (bicyclic) bond motifs is 3. The molecular formula is C21H20BrFN8O. The number of aromatic amines is 1. The molecule has 1 saturated heterocycles. The van der Waals surface area contributed by atoms with E-state index >= 15 is 0 Å². The van der Waals surface area contributed by atoms with E-state index in [-0.39, 0.29) is 11.8 Å². The van der Waals surface area contributed by atoms with Gasteiger partial charge in [0.1, 0.15) is 23.1 Å². The van der Waals surface area contributed by atoms with Gasteiger partial charge in [0.2, 0.25) is 0 Å². The van der Waals surface area contributed by atoms with Crippen LogP contribution < -0.4 is 20.7 Å². The Morgan fingerprint density at radius 3 is 2.72 bits per heavy atom. The number of nitrogens with one attached hydrogen (secondary N) is 2. The Hall–Kier alpha value is -3.31. The summed E-state index contributed by atoms with van der Waals surface area (Å²) >= 11 is 3.52. The lowest BCUT2D eigenvalue weighted by Gasteiger charge is -2.36. The average Bonchev–Trinajstić information content (AvgIpc) is 3.11. The van der Waals surface area contributed by atoms with Crippen molar-refractivity contribution >= 4 is 49.4 Å². The van der Waals surface area contributed by atoms with Gasteiger partial charge in [-0.15, -0.1) is 0 Å². The maximum atomic E-state index is 14.4. The highest BCUT2D eigenvalue weighted by atomic mass is 79.9.